The summed E-state index contributed by atoms with van der Waals surface area (Å²) in [4.78, 5) is 3.90. The summed E-state index contributed by atoms with van der Waals surface area (Å²) >= 11 is 0. The third-order valence-corrected chi connectivity index (χ3v) is 2.62. The molecule has 1 aromatic heterocycles. The summed E-state index contributed by atoms with van der Waals surface area (Å²) in [5.41, 5.74) is 6.32. The first-order valence-electron chi connectivity index (χ1n) is 5.31. The van der Waals surface area contributed by atoms with E-state index in [-0.39, 0.29) is 0 Å². The molecule has 94 valence electrons. The molecule has 0 aliphatic carbocycles. The van der Waals surface area contributed by atoms with Crippen LogP contribution in [0.25, 0.3) is 0 Å². The van der Waals surface area contributed by atoms with Crippen LogP contribution in [-0.2, 0) is 6.18 Å². The van der Waals surface area contributed by atoms with Crippen LogP contribution >= 0.6 is 0 Å². The minimum atomic E-state index is -4.36. The van der Waals surface area contributed by atoms with Crippen molar-refractivity contribution in [3.05, 3.63) is 65.5 Å². The summed E-state index contributed by atoms with van der Waals surface area (Å²) in [5, 5.41) is 0. The molecule has 1 aromatic carbocycles. The van der Waals surface area contributed by atoms with Crippen molar-refractivity contribution in [1.82, 2.24) is 4.98 Å². The molecule has 2 aromatic rings. The second kappa shape index (κ2) is 4.78. The number of hydrogen-bond donors (Lipinski definition) is 1. The van der Waals surface area contributed by atoms with Gasteiger partial charge in [-0.3, -0.25) is 4.98 Å². The molecule has 2 rings (SSSR count). The van der Waals surface area contributed by atoms with Gasteiger partial charge >= 0.3 is 6.18 Å². The van der Waals surface area contributed by atoms with Crippen LogP contribution in [0.5, 0.6) is 0 Å². The van der Waals surface area contributed by atoms with E-state index in [4.69, 9.17) is 5.73 Å². The predicted octanol–water partition coefficient (Wildman–Crippen LogP) is 3.15. The zero-order valence-electron chi connectivity index (χ0n) is 9.35. The maximum absolute atomic E-state index is 12.6. The predicted molar refractivity (Wildman–Crippen MR) is 61.7 cm³/mol. The molecule has 1 atom stereocenters. The van der Waals surface area contributed by atoms with E-state index >= 15 is 0 Å². The molecule has 0 bridgehead atoms. The molecule has 0 saturated heterocycles. The highest BCUT2D eigenvalue weighted by atomic mass is 19.4. The van der Waals surface area contributed by atoms with Gasteiger partial charge in [0.25, 0.3) is 0 Å². The Bertz CT molecular complexity index is 523. The molecule has 0 fully saturated rings. The van der Waals surface area contributed by atoms with Gasteiger partial charge in [-0.25, -0.2) is 0 Å². The van der Waals surface area contributed by atoms with Crippen LogP contribution < -0.4 is 5.73 Å². The molecule has 18 heavy (non-hydrogen) atoms. The molecular weight excluding hydrogens is 241 g/mol. The summed E-state index contributed by atoms with van der Waals surface area (Å²) in [6, 6.07) is 7.85. The van der Waals surface area contributed by atoms with E-state index in [0.29, 0.717) is 11.1 Å². The number of nitrogens with zero attached hydrogens (tertiary/aromatic N) is 1. The highest BCUT2D eigenvalue weighted by Gasteiger charge is 2.30. The van der Waals surface area contributed by atoms with Crippen LogP contribution in [-0.4, -0.2) is 4.98 Å². The molecule has 0 amide bonds. The highest BCUT2D eigenvalue weighted by Crippen LogP contribution is 2.31. The zero-order chi connectivity index (χ0) is 13.2. The Morgan fingerprint density at radius 2 is 1.78 bits per heavy atom. The number of hydrogen-bond acceptors (Lipinski definition) is 2. The van der Waals surface area contributed by atoms with E-state index in [1.54, 1.807) is 30.6 Å². The molecule has 5 heteroatoms. The molecule has 1 unspecified atom stereocenters. The topological polar surface area (TPSA) is 38.9 Å². The van der Waals surface area contributed by atoms with E-state index in [9.17, 15) is 13.2 Å². The lowest BCUT2D eigenvalue weighted by Gasteiger charge is -2.14. The van der Waals surface area contributed by atoms with Gasteiger partial charge in [-0.1, -0.05) is 18.2 Å². The average Bonchev–Trinajstić information content (AvgIpc) is 2.38. The maximum Gasteiger partial charge on any atom is 0.416 e. The number of rotatable bonds is 2. The Morgan fingerprint density at radius 1 is 1.06 bits per heavy atom. The van der Waals surface area contributed by atoms with Gasteiger partial charge in [0.05, 0.1) is 11.6 Å². The fraction of sp³-hybridized carbons (Fsp3) is 0.154. The molecular formula is C13H11F3N2. The summed E-state index contributed by atoms with van der Waals surface area (Å²) < 4.78 is 37.7. The van der Waals surface area contributed by atoms with Gasteiger partial charge in [0, 0.05) is 12.4 Å². The Morgan fingerprint density at radius 3 is 2.39 bits per heavy atom. The van der Waals surface area contributed by atoms with E-state index in [1.807, 2.05) is 0 Å². The summed E-state index contributed by atoms with van der Waals surface area (Å²) in [7, 11) is 0. The maximum atomic E-state index is 12.6. The number of alkyl halides is 3. The Balaban J connectivity index is 2.35. The van der Waals surface area contributed by atoms with Gasteiger partial charge in [0.15, 0.2) is 0 Å². The van der Waals surface area contributed by atoms with Crippen molar-refractivity contribution < 1.29 is 13.2 Å². The molecule has 0 aliphatic rings. The van der Waals surface area contributed by atoms with E-state index in [1.165, 1.54) is 6.07 Å². The fourth-order valence-corrected chi connectivity index (χ4v) is 1.66. The van der Waals surface area contributed by atoms with Gasteiger partial charge in [-0.15, -0.1) is 0 Å². The third-order valence-electron chi connectivity index (χ3n) is 2.62. The normalized spacial score (nSPS) is 13.3. The number of pyridine rings is 1. The lowest BCUT2D eigenvalue weighted by Crippen LogP contribution is -2.13. The van der Waals surface area contributed by atoms with Crippen molar-refractivity contribution in [1.29, 1.82) is 0 Å². The first-order chi connectivity index (χ1) is 8.48. The monoisotopic (exact) mass is 252 g/mol. The van der Waals surface area contributed by atoms with Gasteiger partial charge in [-0.2, -0.15) is 13.2 Å². The number of aromatic nitrogens is 1. The minimum Gasteiger partial charge on any atom is -0.320 e. The van der Waals surface area contributed by atoms with Crippen molar-refractivity contribution in [3.63, 3.8) is 0 Å². The van der Waals surface area contributed by atoms with Gasteiger partial charge < -0.3 is 5.73 Å². The van der Waals surface area contributed by atoms with Crippen LogP contribution in [0, 0.1) is 0 Å². The van der Waals surface area contributed by atoms with Gasteiger partial charge in [0.2, 0.25) is 0 Å². The van der Waals surface area contributed by atoms with E-state index in [2.05, 4.69) is 4.98 Å². The van der Waals surface area contributed by atoms with Crippen molar-refractivity contribution in [2.45, 2.75) is 12.2 Å². The minimum absolute atomic E-state index is 0.415. The molecule has 0 saturated carbocycles. The van der Waals surface area contributed by atoms with Crippen LogP contribution in [0.1, 0.15) is 22.7 Å². The average molecular weight is 252 g/mol. The second-order valence-corrected chi connectivity index (χ2v) is 3.89. The molecule has 0 spiro atoms. The number of halogens is 3. The molecule has 2 nitrogen and oxygen atoms in total. The van der Waals surface area contributed by atoms with Gasteiger partial charge in [0.1, 0.15) is 0 Å². The number of benzene rings is 1. The van der Waals surface area contributed by atoms with Crippen LogP contribution in [0.15, 0.2) is 48.8 Å². The second-order valence-electron chi connectivity index (χ2n) is 3.89. The standard InChI is InChI=1S/C13H11F3N2/c14-13(15,16)11-5-1-3-9(7-11)12(17)10-4-2-6-18-8-10/h1-8,12H,17H2. The van der Waals surface area contributed by atoms with Crippen molar-refractivity contribution in [3.8, 4) is 0 Å². The smallest absolute Gasteiger partial charge is 0.320 e. The summed E-state index contributed by atoms with van der Waals surface area (Å²) in [6.07, 6.45) is -1.22. The van der Waals surface area contributed by atoms with E-state index in [0.717, 1.165) is 12.1 Å². The van der Waals surface area contributed by atoms with Crippen molar-refractivity contribution in [2.24, 2.45) is 5.73 Å². The molecule has 2 N–H and O–H groups in total. The lowest BCUT2D eigenvalue weighted by atomic mass is 9.99. The van der Waals surface area contributed by atoms with Crippen LogP contribution in [0.2, 0.25) is 0 Å². The Labute approximate surface area is 102 Å². The molecule has 0 aliphatic heterocycles. The summed E-state index contributed by atoms with van der Waals surface area (Å²) in [5.74, 6) is 0. The lowest BCUT2D eigenvalue weighted by molar-refractivity contribution is -0.137. The first kappa shape index (κ1) is 12.6. The fourth-order valence-electron chi connectivity index (χ4n) is 1.66. The molecule has 0 radical (unpaired) electrons. The third kappa shape index (κ3) is 2.68. The van der Waals surface area contributed by atoms with Crippen LogP contribution in [0.4, 0.5) is 13.2 Å². The van der Waals surface area contributed by atoms with Gasteiger partial charge in [-0.05, 0) is 29.3 Å². The zero-order valence-corrected chi connectivity index (χ0v) is 9.35. The SMILES string of the molecule is NC(c1cccnc1)c1cccc(C(F)(F)F)c1. The van der Waals surface area contributed by atoms with Crippen LogP contribution in [0.3, 0.4) is 0 Å². The molecule has 1 heterocycles. The quantitative estimate of drug-likeness (QED) is 0.891. The van der Waals surface area contributed by atoms with Crippen molar-refractivity contribution in [2.75, 3.05) is 0 Å². The highest BCUT2D eigenvalue weighted by molar-refractivity contribution is 5.33. The first-order valence-corrected chi connectivity index (χ1v) is 5.31. The Kier molecular flexibility index (Phi) is 3.34. The Hall–Kier alpha value is -1.88. The number of nitrogens with two attached hydrogens (primary N) is 1. The van der Waals surface area contributed by atoms with Crippen molar-refractivity contribution >= 4 is 0 Å². The van der Waals surface area contributed by atoms with E-state index < -0.39 is 17.8 Å². The largest absolute Gasteiger partial charge is 0.416 e. The summed E-state index contributed by atoms with van der Waals surface area (Å²) in [6.45, 7) is 0.